The summed E-state index contributed by atoms with van der Waals surface area (Å²) in [4.78, 5) is 0. The highest BCUT2D eigenvalue weighted by molar-refractivity contribution is 5.18. The van der Waals surface area contributed by atoms with Gasteiger partial charge in [-0.1, -0.05) is 17.2 Å². The summed E-state index contributed by atoms with van der Waals surface area (Å²) in [5.41, 5.74) is 3.02. The van der Waals surface area contributed by atoms with Crippen LogP contribution in [0.1, 0.15) is 46.5 Å². The van der Waals surface area contributed by atoms with Gasteiger partial charge in [-0.25, -0.2) is 0 Å². The van der Waals surface area contributed by atoms with Crippen LogP contribution in [-0.4, -0.2) is 11.2 Å². The molecule has 0 aromatic rings. The van der Waals surface area contributed by atoms with Crippen molar-refractivity contribution >= 4 is 0 Å². The second-order valence-electron chi connectivity index (χ2n) is 4.77. The first kappa shape index (κ1) is 11.5. The van der Waals surface area contributed by atoms with E-state index in [2.05, 4.69) is 20.4 Å². The Hall–Kier alpha value is -0.560. The highest BCUT2D eigenvalue weighted by atomic mass is 16.3. The van der Waals surface area contributed by atoms with Crippen molar-refractivity contribution in [1.29, 1.82) is 0 Å². The van der Waals surface area contributed by atoms with Gasteiger partial charge < -0.3 is 5.11 Å². The fourth-order valence-electron chi connectivity index (χ4n) is 2.41. The molecule has 1 N–H and O–H groups in total. The number of aliphatic hydroxyl groups is 1. The van der Waals surface area contributed by atoms with E-state index in [-0.39, 0.29) is 11.5 Å². The van der Waals surface area contributed by atoms with Gasteiger partial charge in [0.25, 0.3) is 0 Å². The van der Waals surface area contributed by atoms with Gasteiger partial charge in [-0.05, 0) is 46.5 Å². The molecule has 0 aliphatic heterocycles. The fraction of sp³-hybridized carbons (Fsp3) is 0.692. The third-order valence-electron chi connectivity index (χ3n) is 3.78. The van der Waals surface area contributed by atoms with Crippen LogP contribution in [0.15, 0.2) is 23.8 Å². The van der Waals surface area contributed by atoms with Crippen LogP contribution in [0.4, 0.5) is 0 Å². The molecule has 1 heteroatoms. The molecule has 1 nitrogen and oxygen atoms in total. The Balaban J connectivity index is 2.87. The first-order valence-electron chi connectivity index (χ1n) is 5.46. The highest BCUT2D eigenvalue weighted by Crippen LogP contribution is 2.44. The van der Waals surface area contributed by atoms with Crippen LogP contribution >= 0.6 is 0 Å². The van der Waals surface area contributed by atoms with Crippen molar-refractivity contribution in [2.45, 2.75) is 52.6 Å². The van der Waals surface area contributed by atoms with Crippen molar-refractivity contribution in [1.82, 2.24) is 0 Å². The number of hydrogen-bond acceptors (Lipinski definition) is 1. The zero-order valence-corrected chi connectivity index (χ0v) is 9.64. The predicted molar refractivity (Wildman–Crippen MR) is 61.2 cm³/mol. The third kappa shape index (κ3) is 2.09. The van der Waals surface area contributed by atoms with Crippen LogP contribution < -0.4 is 0 Å². The van der Waals surface area contributed by atoms with E-state index in [1.807, 2.05) is 13.0 Å². The minimum atomic E-state index is -0.233. The van der Waals surface area contributed by atoms with Gasteiger partial charge in [0.2, 0.25) is 0 Å². The van der Waals surface area contributed by atoms with Crippen molar-refractivity contribution in [3.63, 3.8) is 0 Å². The molecule has 2 unspecified atom stereocenters. The molecule has 0 amide bonds. The van der Waals surface area contributed by atoms with E-state index in [9.17, 15) is 5.11 Å². The summed E-state index contributed by atoms with van der Waals surface area (Å²) < 4.78 is 0. The lowest BCUT2D eigenvalue weighted by atomic mass is 9.67. The zero-order chi connectivity index (χ0) is 10.8. The molecule has 0 aromatic carbocycles. The van der Waals surface area contributed by atoms with E-state index in [4.69, 9.17) is 0 Å². The highest BCUT2D eigenvalue weighted by Gasteiger charge is 2.36. The Labute approximate surface area is 87.5 Å². The van der Waals surface area contributed by atoms with Crippen molar-refractivity contribution in [3.05, 3.63) is 23.8 Å². The summed E-state index contributed by atoms with van der Waals surface area (Å²) in [6.45, 7) is 10.1. The van der Waals surface area contributed by atoms with Gasteiger partial charge in [-0.15, -0.1) is 6.58 Å². The average molecular weight is 194 g/mol. The SMILES string of the molecule is C=CCC1(C(C)O)CCC(C)=C(C)C1. The van der Waals surface area contributed by atoms with E-state index in [0.717, 1.165) is 25.7 Å². The molecule has 1 aliphatic rings. The van der Waals surface area contributed by atoms with E-state index < -0.39 is 0 Å². The molecule has 1 aliphatic carbocycles. The second-order valence-corrected chi connectivity index (χ2v) is 4.77. The molecule has 0 heterocycles. The Morgan fingerprint density at radius 2 is 2.14 bits per heavy atom. The normalized spacial score (nSPS) is 30.3. The molecule has 2 atom stereocenters. The Bertz CT molecular complexity index is 250. The van der Waals surface area contributed by atoms with Gasteiger partial charge in [-0.3, -0.25) is 0 Å². The Kier molecular flexibility index (Phi) is 3.54. The lowest BCUT2D eigenvalue weighted by Crippen LogP contribution is -2.35. The third-order valence-corrected chi connectivity index (χ3v) is 3.78. The average Bonchev–Trinajstić information content (AvgIpc) is 2.12. The maximum Gasteiger partial charge on any atom is 0.0574 e. The van der Waals surface area contributed by atoms with Crippen molar-refractivity contribution < 1.29 is 5.11 Å². The molecule has 1 rings (SSSR count). The van der Waals surface area contributed by atoms with Crippen molar-refractivity contribution in [2.75, 3.05) is 0 Å². The number of allylic oxidation sites excluding steroid dienone is 3. The molecular formula is C13H22O. The summed E-state index contributed by atoms with van der Waals surface area (Å²) >= 11 is 0. The largest absolute Gasteiger partial charge is 0.393 e. The van der Waals surface area contributed by atoms with Gasteiger partial charge in [0.15, 0.2) is 0 Å². The number of hydrogen-bond donors (Lipinski definition) is 1. The minimum absolute atomic E-state index is 0.0609. The predicted octanol–water partition coefficient (Wildman–Crippen LogP) is 3.45. The monoisotopic (exact) mass is 194 g/mol. The van der Waals surface area contributed by atoms with E-state index >= 15 is 0 Å². The smallest absolute Gasteiger partial charge is 0.0574 e. The number of rotatable bonds is 3. The summed E-state index contributed by atoms with van der Waals surface area (Å²) in [6, 6.07) is 0. The van der Waals surface area contributed by atoms with E-state index in [0.29, 0.717) is 0 Å². The van der Waals surface area contributed by atoms with Crippen LogP contribution in [0.2, 0.25) is 0 Å². The first-order chi connectivity index (χ1) is 6.52. The summed E-state index contributed by atoms with van der Waals surface area (Å²) in [6.07, 6.45) is 5.90. The van der Waals surface area contributed by atoms with Crippen molar-refractivity contribution in [2.24, 2.45) is 5.41 Å². The summed E-state index contributed by atoms with van der Waals surface area (Å²) in [5, 5.41) is 9.89. The van der Waals surface area contributed by atoms with E-state index in [1.165, 1.54) is 11.1 Å². The summed E-state index contributed by atoms with van der Waals surface area (Å²) in [5.74, 6) is 0. The molecule has 14 heavy (non-hydrogen) atoms. The molecular weight excluding hydrogens is 172 g/mol. The van der Waals surface area contributed by atoms with Crippen LogP contribution in [0.25, 0.3) is 0 Å². The van der Waals surface area contributed by atoms with Gasteiger partial charge in [0.1, 0.15) is 0 Å². The lowest BCUT2D eigenvalue weighted by Gasteiger charge is -2.40. The molecule has 0 spiro atoms. The molecule has 0 saturated heterocycles. The molecule has 0 fully saturated rings. The summed E-state index contributed by atoms with van der Waals surface area (Å²) in [7, 11) is 0. The standard InChI is InChI=1S/C13H22O/c1-5-7-13(12(4)14)8-6-10(2)11(3)9-13/h5,12,14H,1,6-9H2,2-4H3. The maximum absolute atomic E-state index is 9.89. The van der Waals surface area contributed by atoms with Crippen molar-refractivity contribution in [3.8, 4) is 0 Å². The topological polar surface area (TPSA) is 20.2 Å². The van der Waals surface area contributed by atoms with Crippen LogP contribution in [-0.2, 0) is 0 Å². The van der Waals surface area contributed by atoms with Gasteiger partial charge >= 0.3 is 0 Å². The van der Waals surface area contributed by atoms with Crippen LogP contribution in [0.5, 0.6) is 0 Å². The lowest BCUT2D eigenvalue weighted by molar-refractivity contribution is 0.0291. The Morgan fingerprint density at radius 1 is 1.50 bits per heavy atom. The van der Waals surface area contributed by atoms with E-state index in [1.54, 1.807) is 0 Å². The van der Waals surface area contributed by atoms with Gasteiger partial charge in [0, 0.05) is 5.41 Å². The van der Waals surface area contributed by atoms with Crippen LogP contribution in [0, 0.1) is 5.41 Å². The fourth-order valence-corrected chi connectivity index (χ4v) is 2.41. The molecule has 0 saturated carbocycles. The minimum Gasteiger partial charge on any atom is -0.393 e. The molecule has 0 bridgehead atoms. The second kappa shape index (κ2) is 4.31. The maximum atomic E-state index is 9.89. The zero-order valence-electron chi connectivity index (χ0n) is 9.64. The van der Waals surface area contributed by atoms with Crippen LogP contribution in [0.3, 0.4) is 0 Å². The van der Waals surface area contributed by atoms with Gasteiger partial charge in [0.05, 0.1) is 6.10 Å². The Morgan fingerprint density at radius 3 is 2.57 bits per heavy atom. The first-order valence-corrected chi connectivity index (χ1v) is 5.46. The number of aliphatic hydroxyl groups excluding tert-OH is 1. The molecule has 0 aromatic heterocycles. The molecule has 0 radical (unpaired) electrons. The van der Waals surface area contributed by atoms with Gasteiger partial charge in [-0.2, -0.15) is 0 Å². The quantitative estimate of drug-likeness (QED) is 0.682. The molecule has 80 valence electrons.